The Balaban J connectivity index is 3.52. The van der Waals surface area contributed by atoms with Crippen molar-refractivity contribution >= 4 is 19.5 Å². The van der Waals surface area contributed by atoms with Crippen molar-refractivity contribution < 1.29 is 31.6 Å². The first kappa shape index (κ1) is 17.6. The number of carbonyl (C=O) groups is 1. The van der Waals surface area contributed by atoms with E-state index in [2.05, 4.69) is 9.05 Å². The van der Waals surface area contributed by atoms with Crippen LogP contribution in [-0.4, -0.2) is 20.0 Å². The van der Waals surface area contributed by atoms with E-state index in [0.717, 1.165) is 33.3 Å². The summed E-state index contributed by atoms with van der Waals surface area (Å²) in [5.41, 5.74) is -1.23. The van der Waals surface area contributed by atoms with Crippen molar-refractivity contribution in [2.75, 3.05) is 14.2 Å². The second-order valence-corrected chi connectivity index (χ2v) is 6.24. The molecule has 0 spiro atoms. The molecular formula is C13H14F3O4P. The van der Waals surface area contributed by atoms with E-state index in [1.807, 2.05) is 0 Å². The molecule has 0 aromatic heterocycles. The molecule has 0 radical (unpaired) electrons. The standard InChI is InChI=1S/C13H14F3O4P/c1-9(17)12(21(18,19-2)20-3)8-10-6-4-5-7-11(10)13(14,15)16/h4-8H,1-3H3/b12-8+. The molecule has 1 rings (SSSR count). The average Bonchev–Trinajstić information content (AvgIpc) is 2.43. The molecule has 0 heterocycles. The number of allylic oxidation sites excluding steroid dienone is 1. The van der Waals surface area contributed by atoms with Gasteiger partial charge < -0.3 is 9.05 Å². The third-order valence-corrected chi connectivity index (χ3v) is 4.69. The van der Waals surface area contributed by atoms with Gasteiger partial charge in [-0.3, -0.25) is 9.36 Å². The van der Waals surface area contributed by atoms with E-state index in [9.17, 15) is 22.5 Å². The summed E-state index contributed by atoms with van der Waals surface area (Å²) in [5.74, 6) is -0.695. The number of ketones is 1. The summed E-state index contributed by atoms with van der Waals surface area (Å²) in [6, 6.07) is 4.64. The highest BCUT2D eigenvalue weighted by Gasteiger charge is 2.35. The van der Waals surface area contributed by atoms with Crippen LogP contribution in [-0.2, 0) is 24.6 Å². The fourth-order valence-electron chi connectivity index (χ4n) is 1.67. The second-order valence-electron chi connectivity index (χ2n) is 4.03. The number of alkyl halides is 3. The lowest BCUT2D eigenvalue weighted by molar-refractivity contribution is -0.137. The largest absolute Gasteiger partial charge is 0.416 e. The normalized spacial score (nSPS) is 13.3. The average molecular weight is 322 g/mol. The Morgan fingerprint density at radius 1 is 1.19 bits per heavy atom. The highest BCUT2D eigenvalue weighted by Crippen LogP contribution is 2.55. The van der Waals surface area contributed by atoms with E-state index in [1.165, 1.54) is 18.2 Å². The number of carbonyl (C=O) groups excluding carboxylic acids is 1. The minimum atomic E-state index is -4.60. The number of benzene rings is 1. The molecule has 0 saturated heterocycles. The van der Waals surface area contributed by atoms with Crippen LogP contribution in [0.3, 0.4) is 0 Å². The Morgan fingerprint density at radius 3 is 2.14 bits per heavy atom. The van der Waals surface area contributed by atoms with Crippen molar-refractivity contribution in [3.8, 4) is 0 Å². The lowest BCUT2D eigenvalue weighted by Crippen LogP contribution is -2.08. The molecule has 0 saturated carbocycles. The number of rotatable bonds is 5. The Kier molecular flexibility index (Phi) is 5.50. The van der Waals surface area contributed by atoms with Gasteiger partial charge in [-0.15, -0.1) is 0 Å². The van der Waals surface area contributed by atoms with Crippen LogP contribution in [0.15, 0.2) is 29.6 Å². The maximum atomic E-state index is 12.9. The zero-order valence-electron chi connectivity index (χ0n) is 11.6. The molecule has 8 heteroatoms. The third-order valence-electron chi connectivity index (χ3n) is 2.69. The van der Waals surface area contributed by atoms with E-state index < -0.39 is 30.4 Å². The van der Waals surface area contributed by atoms with Crippen LogP contribution in [0.5, 0.6) is 0 Å². The van der Waals surface area contributed by atoms with E-state index in [-0.39, 0.29) is 5.56 Å². The van der Waals surface area contributed by atoms with Crippen molar-refractivity contribution in [2.45, 2.75) is 13.1 Å². The van der Waals surface area contributed by atoms with Crippen molar-refractivity contribution in [3.63, 3.8) is 0 Å². The first-order valence-corrected chi connectivity index (χ1v) is 7.31. The second kappa shape index (κ2) is 6.56. The van der Waals surface area contributed by atoms with Crippen molar-refractivity contribution in [3.05, 3.63) is 40.7 Å². The number of halogens is 3. The molecular weight excluding hydrogens is 308 g/mol. The first-order chi connectivity index (χ1) is 9.65. The van der Waals surface area contributed by atoms with Crippen molar-refractivity contribution in [2.24, 2.45) is 0 Å². The molecule has 21 heavy (non-hydrogen) atoms. The van der Waals surface area contributed by atoms with Gasteiger partial charge in [0.1, 0.15) is 5.31 Å². The topological polar surface area (TPSA) is 52.6 Å². The maximum absolute atomic E-state index is 12.9. The highest BCUT2D eigenvalue weighted by atomic mass is 31.2. The summed E-state index contributed by atoms with van der Waals surface area (Å²) >= 11 is 0. The van der Waals surface area contributed by atoms with E-state index in [4.69, 9.17) is 0 Å². The lowest BCUT2D eigenvalue weighted by Gasteiger charge is -2.16. The van der Waals surface area contributed by atoms with Gasteiger partial charge in [0, 0.05) is 14.2 Å². The van der Waals surface area contributed by atoms with Gasteiger partial charge in [-0.25, -0.2) is 0 Å². The van der Waals surface area contributed by atoms with Crippen LogP contribution in [0.2, 0.25) is 0 Å². The lowest BCUT2D eigenvalue weighted by atomic mass is 10.1. The van der Waals surface area contributed by atoms with Gasteiger partial charge in [0.2, 0.25) is 0 Å². The molecule has 0 aliphatic rings. The summed E-state index contributed by atoms with van der Waals surface area (Å²) in [5, 5.41) is -0.441. The number of hydrogen-bond donors (Lipinski definition) is 0. The Labute approximate surface area is 120 Å². The third kappa shape index (κ3) is 4.03. The fourth-order valence-corrected chi connectivity index (χ4v) is 2.90. The highest BCUT2D eigenvalue weighted by molar-refractivity contribution is 7.60. The smallest absolute Gasteiger partial charge is 0.308 e. The van der Waals surface area contributed by atoms with Gasteiger partial charge in [-0.2, -0.15) is 13.2 Å². The molecule has 4 nitrogen and oxygen atoms in total. The van der Waals surface area contributed by atoms with Gasteiger partial charge in [0.05, 0.1) is 5.56 Å². The molecule has 0 N–H and O–H groups in total. The van der Waals surface area contributed by atoms with Crippen LogP contribution in [0.4, 0.5) is 13.2 Å². The SMILES string of the molecule is COP(=O)(OC)/C(=C/c1ccccc1C(F)(F)F)C(C)=O. The minimum absolute atomic E-state index is 0.287. The molecule has 0 amide bonds. The summed E-state index contributed by atoms with van der Waals surface area (Å²) in [4.78, 5) is 11.6. The van der Waals surface area contributed by atoms with Gasteiger partial charge >= 0.3 is 13.8 Å². The summed E-state index contributed by atoms with van der Waals surface area (Å²) in [6.45, 7) is 1.08. The van der Waals surface area contributed by atoms with Crippen LogP contribution in [0, 0.1) is 0 Å². The molecule has 116 valence electrons. The van der Waals surface area contributed by atoms with Crippen LogP contribution >= 0.6 is 7.60 Å². The number of Topliss-reactive ketones (excluding diaryl/α,β-unsaturated/α-hetero) is 1. The molecule has 0 aliphatic carbocycles. The monoisotopic (exact) mass is 322 g/mol. The summed E-state index contributed by atoms with van der Waals surface area (Å²) < 4.78 is 60.3. The van der Waals surface area contributed by atoms with E-state index >= 15 is 0 Å². The van der Waals surface area contributed by atoms with Crippen LogP contribution in [0.1, 0.15) is 18.1 Å². The molecule has 0 fully saturated rings. The van der Waals surface area contributed by atoms with Crippen LogP contribution in [0.25, 0.3) is 6.08 Å². The predicted molar refractivity (Wildman–Crippen MR) is 71.7 cm³/mol. The quantitative estimate of drug-likeness (QED) is 0.604. The van der Waals surface area contributed by atoms with E-state index in [1.54, 1.807) is 0 Å². The van der Waals surface area contributed by atoms with E-state index in [0.29, 0.717) is 0 Å². The Hall–Kier alpha value is -1.43. The predicted octanol–water partition coefficient (Wildman–Crippen LogP) is 4.12. The Morgan fingerprint density at radius 2 is 1.71 bits per heavy atom. The van der Waals surface area contributed by atoms with Gasteiger partial charge in [0.25, 0.3) is 0 Å². The van der Waals surface area contributed by atoms with Gasteiger partial charge in [0.15, 0.2) is 5.78 Å². The molecule has 0 atom stereocenters. The zero-order chi connectivity index (χ0) is 16.3. The summed E-state index contributed by atoms with van der Waals surface area (Å²) in [6.07, 6.45) is -3.71. The maximum Gasteiger partial charge on any atom is 0.416 e. The summed E-state index contributed by atoms with van der Waals surface area (Å²) in [7, 11) is -1.84. The van der Waals surface area contributed by atoms with Gasteiger partial charge in [-0.05, 0) is 24.6 Å². The van der Waals surface area contributed by atoms with Crippen molar-refractivity contribution in [1.82, 2.24) is 0 Å². The fraction of sp³-hybridized carbons (Fsp3) is 0.308. The molecule has 0 unspecified atom stereocenters. The molecule has 0 aliphatic heterocycles. The molecule has 1 aromatic rings. The molecule has 0 bridgehead atoms. The van der Waals surface area contributed by atoms with Gasteiger partial charge in [-0.1, -0.05) is 18.2 Å². The minimum Gasteiger partial charge on any atom is -0.308 e. The Bertz CT molecular complexity index is 600. The number of hydrogen-bond acceptors (Lipinski definition) is 4. The van der Waals surface area contributed by atoms with Crippen LogP contribution < -0.4 is 0 Å². The zero-order valence-corrected chi connectivity index (χ0v) is 12.5. The van der Waals surface area contributed by atoms with Crippen molar-refractivity contribution in [1.29, 1.82) is 0 Å². The first-order valence-electron chi connectivity index (χ1n) is 5.76. The molecule has 1 aromatic carbocycles.